The Morgan fingerprint density at radius 2 is 1.67 bits per heavy atom. The van der Waals surface area contributed by atoms with E-state index in [0.717, 1.165) is 6.26 Å². The largest absolute Gasteiger partial charge is 0.456 e. The van der Waals surface area contributed by atoms with Gasteiger partial charge in [0.1, 0.15) is 6.10 Å². The summed E-state index contributed by atoms with van der Waals surface area (Å²) in [4.78, 5) is 11.6. The van der Waals surface area contributed by atoms with Gasteiger partial charge in [0, 0.05) is 17.5 Å². The molecule has 2 unspecified atom stereocenters. The smallest absolute Gasteiger partial charge is 0.303 e. The lowest BCUT2D eigenvalue weighted by Gasteiger charge is -2.28. The van der Waals surface area contributed by atoms with E-state index in [-0.39, 0.29) is 0 Å². The highest BCUT2D eigenvalue weighted by Gasteiger charge is 2.31. The Hall–Kier alpha value is -1.89. The van der Waals surface area contributed by atoms with Crippen LogP contribution in [-0.2, 0) is 19.6 Å². The second-order valence-corrected chi connectivity index (χ2v) is 7.52. The van der Waals surface area contributed by atoms with Crippen LogP contribution < -0.4 is 4.72 Å². The van der Waals surface area contributed by atoms with Gasteiger partial charge in [-0.2, -0.15) is 0 Å². The SMILES string of the molecule is CC(=O)OC(c1ccccc1Cl)C(NS(C)(=O)=O)c1ccccc1. The second-order valence-electron chi connectivity index (χ2n) is 5.33. The highest BCUT2D eigenvalue weighted by molar-refractivity contribution is 7.88. The number of sulfonamides is 1. The van der Waals surface area contributed by atoms with Crippen molar-refractivity contribution in [3.05, 3.63) is 70.7 Å². The van der Waals surface area contributed by atoms with Crippen molar-refractivity contribution >= 4 is 27.6 Å². The molecule has 0 fully saturated rings. The molecule has 1 N–H and O–H groups in total. The summed E-state index contributed by atoms with van der Waals surface area (Å²) in [5.74, 6) is -0.531. The van der Waals surface area contributed by atoms with E-state index >= 15 is 0 Å². The van der Waals surface area contributed by atoms with Gasteiger partial charge in [0.15, 0.2) is 0 Å². The first-order valence-corrected chi connectivity index (χ1v) is 9.49. The van der Waals surface area contributed by atoms with Crippen LogP contribution in [0, 0.1) is 0 Å². The molecule has 0 spiro atoms. The van der Waals surface area contributed by atoms with Gasteiger partial charge in [-0.05, 0) is 11.6 Å². The second kappa shape index (κ2) is 7.79. The summed E-state index contributed by atoms with van der Waals surface area (Å²) in [6.45, 7) is 1.27. The Balaban J connectivity index is 2.56. The van der Waals surface area contributed by atoms with Crippen LogP contribution in [0.25, 0.3) is 0 Å². The topological polar surface area (TPSA) is 72.5 Å². The van der Waals surface area contributed by atoms with Gasteiger partial charge >= 0.3 is 5.97 Å². The van der Waals surface area contributed by atoms with E-state index in [1.165, 1.54) is 6.92 Å². The molecule has 2 aromatic rings. The Kier molecular flexibility index (Phi) is 5.99. The van der Waals surface area contributed by atoms with Crippen LogP contribution in [0.2, 0.25) is 5.02 Å². The minimum Gasteiger partial charge on any atom is -0.456 e. The molecule has 2 rings (SSSR count). The number of esters is 1. The zero-order valence-corrected chi connectivity index (χ0v) is 14.8. The molecule has 128 valence electrons. The number of hydrogen-bond acceptors (Lipinski definition) is 4. The Bertz CT molecular complexity index is 808. The summed E-state index contributed by atoms with van der Waals surface area (Å²) in [6.07, 6.45) is 0.161. The van der Waals surface area contributed by atoms with E-state index in [1.807, 2.05) is 6.07 Å². The van der Waals surface area contributed by atoms with Crippen molar-refractivity contribution in [2.45, 2.75) is 19.1 Å². The quantitative estimate of drug-likeness (QED) is 0.795. The van der Waals surface area contributed by atoms with Gasteiger partial charge in [-0.1, -0.05) is 60.1 Å². The van der Waals surface area contributed by atoms with Crippen LogP contribution in [0.3, 0.4) is 0 Å². The normalized spacial score (nSPS) is 14.0. The van der Waals surface area contributed by atoms with Crippen LogP contribution in [0.1, 0.15) is 30.2 Å². The molecular weight excluding hydrogens is 350 g/mol. The van der Waals surface area contributed by atoms with E-state index < -0.39 is 28.1 Å². The molecule has 0 saturated heterocycles. The number of hydrogen-bond donors (Lipinski definition) is 1. The highest BCUT2D eigenvalue weighted by Crippen LogP contribution is 2.36. The molecule has 0 aliphatic rings. The minimum absolute atomic E-state index is 0.389. The molecule has 2 atom stereocenters. The maximum absolute atomic E-state index is 11.8. The molecule has 7 heteroatoms. The first-order chi connectivity index (χ1) is 11.3. The maximum atomic E-state index is 11.8. The van der Waals surface area contributed by atoms with Gasteiger partial charge in [0.25, 0.3) is 0 Å². The van der Waals surface area contributed by atoms with Crippen molar-refractivity contribution in [2.24, 2.45) is 0 Å². The fourth-order valence-electron chi connectivity index (χ4n) is 2.39. The number of ether oxygens (including phenoxy) is 1. The predicted octanol–water partition coefficient (Wildman–Crippen LogP) is 3.23. The molecule has 24 heavy (non-hydrogen) atoms. The van der Waals surface area contributed by atoms with Crippen molar-refractivity contribution in [3.8, 4) is 0 Å². The molecule has 0 radical (unpaired) electrons. The van der Waals surface area contributed by atoms with E-state index in [2.05, 4.69) is 4.72 Å². The Morgan fingerprint density at radius 3 is 2.21 bits per heavy atom. The summed E-state index contributed by atoms with van der Waals surface area (Å²) in [5.41, 5.74) is 1.19. The third-order valence-electron chi connectivity index (χ3n) is 3.31. The number of benzene rings is 2. The zero-order valence-electron chi connectivity index (χ0n) is 13.3. The van der Waals surface area contributed by atoms with Crippen molar-refractivity contribution in [3.63, 3.8) is 0 Å². The molecule has 0 bridgehead atoms. The molecule has 0 amide bonds. The van der Waals surface area contributed by atoms with E-state index in [0.29, 0.717) is 16.1 Å². The standard InChI is InChI=1S/C17H18ClNO4S/c1-12(20)23-17(14-10-6-7-11-15(14)18)16(19-24(2,21)22)13-8-4-3-5-9-13/h3-11,16-17,19H,1-2H3. The highest BCUT2D eigenvalue weighted by atomic mass is 35.5. The molecule has 0 aliphatic heterocycles. The van der Waals surface area contributed by atoms with Crippen LogP contribution in [-0.4, -0.2) is 20.6 Å². The maximum Gasteiger partial charge on any atom is 0.303 e. The zero-order chi connectivity index (χ0) is 17.7. The van der Waals surface area contributed by atoms with Crippen molar-refractivity contribution in [1.29, 1.82) is 0 Å². The van der Waals surface area contributed by atoms with Crippen LogP contribution >= 0.6 is 11.6 Å². The van der Waals surface area contributed by atoms with Gasteiger partial charge in [0.05, 0.1) is 12.3 Å². The lowest BCUT2D eigenvalue weighted by Crippen LogP contribution is -2.33. The number of nitrogens with one attached hydrogen (secondary N) is 1. The Labute approximate surface area is 146 Å². The molecule has 2 aromatic carbocycles. The first-order valence-electron chi connectivity index (χ1n) is 7.22. The molecular formula is C17H18ClNO4S. The average Bonchev–Trinajstić information content (AvgIpc) is 2.51. The van der Waals surface area contributed by atoms with Crippen molar-refractivity contribution in [2.75, 3.05) is 6.26 Å². The van der Waals surface area contributed by atoms with E-state index in [4.69, 9.17) is 16.3 Å². The van der Waals surface area contributed by atoms with Crippen LogP contribution in [0.5, 0.6) is 0 Å². The van der Waals surface area contributed by atoms with Crippen molar-refractivity contribution in [1.82, 2.24) is 4.72 Å². The Morgan fingerprint density at radius 1 is 1.08 bits per heavy atom. The molecule has 0 heterocycles. The van der Waals surface area contributed by atoms with Crippen LogP contribution in [0.4, 0.5) is 0 Å². The summed E-state index contributed by atoms with van der Waals surface area (Å²) < 4.78 is 31.6. The van der Waals surface area contributed by atoms with Crippen molar-refractivity contribution < 1.29 is 17.9 Å². The number of halogens is 1. The monoisotopic (exact) mass is 367 g/mol. The van der Waals surface area contributed by atoms with Gasteiger partial charge in [0.2, 0.25) is 10.0 Å². The van der Waals surface area contributed by atoms with Gasteiger partial charge < -0.3 is 4.74 Å². The van der Waals surface area contributed by atoms with Gasteiger partial charge in [-0.3, -0.25) is 4.79 Å². The van der Waals surface area contributed by atoms with Gasteiger partial charge in [-0.15, -0.1) is 0 Å². The van der Waals surface area contributed by atoms with Crippen LogP contribution in [0.15, 0.2) is 54.6 Å². The first kappa shape index (κ1) is 18.4. The lowest BCUT2D eigenvalue weighted by molar-refractivity contribution is -0.148. The van der Waals surface area contributed by atoms with E-state index in [1.54, 1.807) is 48.5 Å². The third kappa shape index (κ3) is 5.06. The number of rotatable bonds is 6. The average molecular weight is 368 g/mol. The summed E-state index contributed by atoms with van der Waals surface area (Å²) in [6, 6.07) is 15.0. The summed E-state index contributed by atoms with van der Waals surface area (Å²) in [7, 11) is -3.56. The summed E-state index contributed by atoms with van der Waals surface area (Å²) in [5, 5.41) is 0.389. The summed E-state index contributed by atoms with van der Waals surface area (Å²) >= 11 is 6.24. The lowest BCUT2D eigenvalue weighted by atomic mass is 9.96. The van der Waals surface area contributed by atoms with Gasteiger partial charge in [-0.25, -0.2) is 13.1 Å². The number of carbonyl (C=O) groups excluding carboxylic acids is 1. The molecule has 0 aromatic heterocycles. The fourth-order valence-corrected chi connectivity index (χ4v) is 3.36. The predicted molar refractivity (Wildman–Crippen MR) is 93.1 cm³/mol. The fraction of sp³-hybridized carbons (Fsp3) is 0.235. The molecule has 5 nitrogen and oxygen atoms in total. The third-order valence-corrected chi connectivity index (χ3v) is 4.33. The minimum atomic E-state index is -3.56. The molecule has 0 saturated carbocycles. The number of carbonyl (C=O) groups is 1. The van der Waals surface area contributed by atoms with E-state index in [9.17, 15) is 13.2 Å². The molecule has 0 aliphatic carbocycles.